The number of carbonyl (C=O) groups is 5. The molecular formula is C114H102F3N21O5. The Balaban J connectivity index is 0.000000128. The topological polar surface area (TPSA) is 377 Å². The van der Waals surface area contributed by atoms with Crippen molar-refractivity contribution in [1.29, 1.82) is 5.26 Å². The Morgan fingerprint density at radius 3 is 0.811 bits per heavy atom. The Bertz CT molecular complexity index is 7980. The zero-order valence-corrected chi connectivity index (χ0v) is 79.6. The third-order valence-corrected chi connectivity index (χ3v) is 24.0. The Hall–Kier alpha value is -18.1. The highest BCUT2D eigenvalue weighted by molar-refractivity contribution is 5.98. The Labute approximate surface area is 822 Å². The van der Waals surface area contributed by atoms with E-state index < -0.39 is 11.7 Å². The number of pyridine rings is 5. The largest absolute Gasteiger partial charge is 0.416 e. The van der Waals surface area contributed by atoms with E-state index in [1.54, 1.807) is 61.6 Å². The lowest BCUT2D eigenvalue weighted by molar-refractivity contribution is -0.137. The molecule has 10 N–H and O–H groups in total. The van der Waals surface area contributed by atoms with E-state index in [4.69, 9.17) is 5.26 Å². The fourth-order valence-corrected chi connectivity index (χ4v) is 16.2. The molecule has 0 saturated carbocycles. The van der Waals surface area contributed by atoms with Crippen LogP contribution in [0.3, 0.4) is 0 Å². The average molecular weight is 1900 g/mol. The molecule has 20 aromatic rings. The molecule has 0 unspecified atom stereocenters. The maximum absolute atomic E-state index is 12.7. The molecule has 0 spiro atoms. The maximum atomic E-state index is 12.7. The van der Waals surface area contributed by atoms with Crippen molar-refractivity contribution in [3.05, 3.63) is 473 Å². The number of rotatable bonds is 25. The van der Waals surface area contributed by atoms with Gasteiger partial charge in [0.1, 0.15) is 0 Å². The van der Waals surface area contributed by atoms with Crippen LogP contribution in [0, 0.1) is 59.8 Å². The van der Waals surface area contributed by atoms with Gasteiger partial charge in [0.05, 0.1) is 134 Å². The van der Waals surface area contributed by atoms with Crippen LogP contribution in [0.1, 0.15) is 186 Å². The minimum Gasteiger partial charge on any atom is -0.346 e. The number of hydrogen-bond donors (Lipinski definition) is 10. The highest BCUT2D eigenvalue weighted by Gasteiger charge is 2.30. The molecule has 0 atom stereocenters. The molecule has 29 heteroatoms. The van der Waals surface area contributed by atoms with Crippen molar-refractivity contribution in [1.82, 2.24) is 102 Å². The lowest BCUT2D eigenvalue weighted by Gasteiger charge is -2.09. The number of benzene rings is 10. The molecule has 143 heavy (non-hydrogen) atoms. The van der Waals surface area contributed by atoms with Crippen molar-refractivity contribution < 1.29 is 37.1 Å². The van der Waals surface area contributed by atoms with Crippen LogP contribution in [0.25, 0.3) is 54.5 Å². The van der Waals surface area contributed by atoms with Gasteiger partial charge in [0.25, 0.3) is 29.5 Å². The fourth-order valence-electron chi connectivity index (χ4n) is 16.2. The minimum atomic E-state index is -4.36. The molecular weight excluding hydrogens is 1800 g/mol. The minimum absolute atomic E-state index is 0.144. The van der Waals surface area contributed by atoms with E-state index in [-0.39, 0.29) is 36.1 Å². The van der Waals surface area contributed by atoms with Gasteiger partial charge in [-0.25, -0.2) is 0 Å². The Kier molecular flexibility index (Phi) is 31.5. The number of carbonyl (C=O) groups excluding carboxylic acids is 5. The quantitative estimate of drug-likeness (QED) is 0.0254. The van der Waals surface area contributed by atoms with E-state index in [1.807, 2.05) is 180 Å². The van der Waals surface area contributed by atoms with E-state index in [0.717, 1.165) is 176 Å². The summed E-state index contributed by atoms with van der Waals surface area (Å²) in [5, 5.41) is 65.0. The van der Waals surface area contributed by atoms with Crippen LogP contribution in [0.5, 0.6) is 0 Å². The number of alkyl halides is 3. The number of H-pyrrole nitrogens is 5. The van der Waals surface area contributed by atoms with Crippen LogP contribution in [-0.4, -0.2) is 105 Å². The number of aromatic amines is 5. The Morgan fingerprint density at radius 1 is 0.280 bits per heavy atom. The molecule has 26 nitrogen and oxygen atoms in total. The van der Waals surface area contributed by atoms with Gasteiger partial charge >= 0.3 is 6.18 Å². The van der Waals surface area contributed by atoms with Gasteiger partial charge in [-0.3, -0.25) is 74.4 Å². The zero-order valence-electron chi connectivity index (χ0n) is 79.6. The first kappa shape index (κ1) is 98.0. The number of aryl methyl sites for hydroxylation is 7. The number of amides is 5. The summed E-state index contributed by atoms with van der Waals surface area (Å²) in [4.78, 5) is 84.0. The SMILES string of the molecule is Cc1ccc(Cc2cncc(C(=O)NCc3[nH]nc4ccc(C)cc34)c2)cc1.Cc1ccc2n[nH]c(CNC(=O)c3cncc(Cc4ccc(C#N)cc4)c3)c2c1.Cc1ccc2n[nH]c(CNC(=O)c3cncc(Cc4ccc(C(F)(F)F)cc4)c3)c2c1.Cc1ccc2n[nH]c(CNC(=O)c3cncc(Cc4ccccc4)c3)c2c1.Cc1ccc2n[nH]c(CNC(=O)c3cncc(Cc4ccccc4C)c3)c2c1. The van der Waals surface area contributed by atoms with E-state index in [1.165, 1.54) is 46.1 Å². The molecule has 0 saturated heterocycles. The molecule has 0 bridgehead atoms. The van der Waals surface area contributed by atoms with Gasteiger partial charge in [0, 0.05) is 88.9 Å². The summed E-state index contributed by atoms with van der Waals surface area (Å²) < 4.78 is 38.1. The summed E-state index contributed by atoms with van der Waals surface area (Å²) >= 11 is 0. The van der Waals surface area contributed by atoms with Crippen LogP contribution >= 0.6 is 0 Å². The van der Waals surface area contributed by atoms with E-state index >= 15 is 0 Å². The number of halogens is 3. The number of nitriles is 1. The second kappa shape index (κ2) is 45.9. The van der Waals surface area contributed by atoms with Crippen LogP contribution < -0.4 is 26.6 Å². The molecule has 0 aliphatic heterocycles. The molecule has 0 fully saturated rings. The maximum Gasteiger partial charge on any atom is 0.416 e. The summed E-state index contributed by atoms with van der Waals surface area (Å²) in [5.41, 5.74) is 29.6. The van der Waals surface area contributed by atoms with Crippen LogP contribution in [0.4, 0.5) is 13.2 Å². The predicted molar refractivity (Wildman–Crippen MR) is 547 cm³/mol. The zero-order chi connectivity index (χ0) is 99.9. The van der Waals surface area contributed by atoms with Gasteiger partial charge in [-0.1, -0.05) is 167 Å². The summed E-state index contributed by atoms with van der Waals surface area (Å²) in [6.45, 7) is 16.1. The van der Waals surface area contributed by atoms with E-state index in [9.17, 15) is 37.1 Å². The summed E-state index contributed by atoms with van der Waals surface area (Å²) in [7, 11) is 0. The summed E-state index contributed by atoms with van der Waals surface area (Å²) in [5.74, 6) is -0.914. The van der Waals surface area contributed by atoms with E-state index in [2.05, 4.69) is 195 Å². The third kappa shape index (κ3) is 26.4. The smallest absolute Gasteiger partial charge is 0.346 e. The van der Waals surface area contributed by atoms with Crippen molar-refractivity contribution in [3.63, 3.8) is 0 Å². The van der Waals surface area contributed by atoms with Crippen LogP contribution in [-0.2, 0) is 71.0 Å². The van der Waals surface area contributed by atoms with E-state index in [0.29, 0.717) is 78.0 Å². The Morgan fingerprint density at radius 2 is 0.531 bits per heavy atom. The molecule has 0 radical (unpaired) electrons. The molecule has 0 aliphatic carbocycles. The van der Waals surface area contributed by atoms with Gasteiger partial charge in [0.2, 0.25) is 0 Å². The number of nitrogens with zero attached hydrogens (tertiary/aromatic N) is 11. The molecule has 10 aromatic heterocycles. The summed E-state index contributed by atoms with van der Waals surface area (Å²) in [6, 6.07) is 80.7. The van der Waals surface area contributed by atoms with Crippen molar-refractivity contribution in [2.75, 3.05) is 0 Å². The molecule has 0 aliphatic rings. The molecule has 10 aromatic carbocycles. The molecule has 714 valence electrons. The highest BCUT2D eigenvalue weighted by Crippen LogP contribution is 2.31. The first-order valence-corrected chi connectivity index (χ1v) is 46.4. The molecule has 20 rings (SSSR count). The predicted octanol–water partition coefficient (Wildman–Crippen LogP) is 20.4. The van der Waals surface area contributed by atoms with Gasteiger partial charge in [-0.05, 0) is 257 Å². The van der Waals surface area contributed by atoms with Crippen LogP contribution in [0.2, 0.25) is 0 Å². The molecule has 10 heterocycles. The summed E-state index contributed by atoms with van der Waals surface area (Å²) in [6.07, 6.45) is 15.5. The van der Waals surface area contributed by atoms with Crippen molar-refractivity contribution in [2.24, 2.45) is 0 Å². The first-order valence-electron chi connectivity index (χ1n) is 46.4. The highest BCUT2D eigenvalue weighted by atomic mass is 19.4. The third-order valence-electron chi connectivity index (χ3n) is 24.0. The number of nitrogens with one attached hydrogen (secondary N) is 10. The lowest BCUT2D eigenvalue weighted by Crippen LogP contribution is -2.23. The van der Waals surface area contributed by atoms with Gasteiger partial charge < -0.3 is 26.6 Å². The van der Waals surface area contributed by atoms with Crippen molar-refractivity contribution >= 4 is 84.1 Å². The fraction of sp³-hybridized carbons (Fsp3) is 0.158. The van der Waals surface area contributed by atoms with Crippen molar-refractivity contribution in [2.45, 2.75) is 119 Å². The van der Waals surface area contributed by atoms with Gasteiger partial charge in [0.15, 0.2) is 0 Å². The average Bonchev–Trinajstić information content (AvgIpc) is 1.76. The van der Waals surface area contributed by atoms with Gasteiger partial charge in [-0.2, -0.15) is 43.9 Å². The standard InChI is InChI=1S/C23H19F3N4O.C23H19N5O.2C23H22N4O.C22H20N4O/c1-14-2-7-20-19(8-14)21(30-29-20)13-28-22(31)17-10-16(11-27-12-17)9-15-3-5-18(6-4-15)23(24,25)26;1-15-2-7-21-20(8-15)22(28-27-21)14-26-23(29)19-10-18(12-25-13-19)9-16-3-5-17(11-24)6-4-16;1-15-3-6-17(7-4-15)10-18-11-19(13-24-12-18)23(28)25-14-22-20-9-16(2)5-8-21(20)26-27-22;1-15-7-8-21-20(9-15)22(27-26-21)14-25-23(28)19-11-17(12-24-13-19)10-18-6-4-3-5-16(18)2;1-15-7-8-20-19(9-15)21(26-25-20)14-24-22(27)18-11-17(12-23-13-18)10-16-5-3-2-4-6-16/h2-8,10-12H,9,13H2,1H3,(H,28,31)(H,29,30);2-8,10,12-13H,9,14H2,1H3,(H,26,29)(H,27,28);2*3-9,11-13H,10,14H2,1-2H3,(H,25,28)(H,26,27);2-9,11-13H,10,14H2,1H3,(H,24,27)(H,25,26). The number of fused-ring (bicyclic) bond motifs is 5. The second-order valence-electron chi connectivity index (χ2n) is 35.2. The number of aromatic nitrogens is 15. The normalized spacial score (nSPS) is 11.0. The lowest BCUT2D eigenvalue weighted by atomic mass is 10.0. The second-order valence-corrected chi connectivity index (χ2v) is 35.2. The van der Waals surface area contributed by atoms with Crippen molar-refractivity contribution in [3.8, 4) is 6.07 Å². The first-order chi connectivity index (χ1) is 69.3. The molecule has 5 amide bonds. The van der Waals surface area contributed by atoms with Crippen LogP contribution in [0.15, 0.2) is 311 Å². The number of hydrogen-bond acceptors (Lipinski definition) is 16. The van der Waals surface area contributed by atoms with Gasteiger partial charge in [-0.15, -0.1) is 0 Å². The monoisotopic (exact) mass is 1900 g/mol.